The number of piperazine rings is 1. The van der Waals surface area contributed by atoms with Crippen LogP contribution in [0.1, 0.15) is 49.1 Å². The quantitative estimate of drug-likeness (QED) is 0.0293. The second-order valence-corrected chi connectivity index (χ2v) is 20.6. The van der Waals surface area contributed by atoms with Crippen LogP contribution < -0.4 is 31.5 Å². The van der Waals surface area contributed by atoms with Crippen LogP contribution in [0.5, 0.6) is 0 Å². The maximum atomic E-state index is 6.08. The lowest BCUT2D eigenvalue weighted by molar-refractivity contribution is 0.270. The van der Waals surface area contributed by atoms with Crippen LogP contribution in [0, 0.1) is 20.8 Å². The van der Waals surface area contributed by atoms with Crippen LogP contribution in [-0.4, -0.2) is 115 Å². The molecule has 9 aromatic rings. The maximum absolute atomic E-state index is 6.08. The number of rotatable bonds is 19. The molecular weight excluding hydrogens is 1090 g/mol. The van der Waals surface area contributed by atoms with Crippen molar-refractivity contribution in [2.24, 2.45) is 0 Å². The number of anilines is 6. The molecule has 0 saturated carbocycles. The number of nitrogens with one attached hydrogen (secondary N) is 5. The highest BCUT2D eigenvalue weighted by molar-refractivity contribution is 6.32. The van der Waals surface area contributed by atoms with Crippen molar-refractivity contribution in [2.45, 2.75) is 53.4 Å². The molecule has 1 saturated heterocycles. The number of halogens is 5. The molecule has 21 heteroatoms. The van der Waals surface area contributed by atoms with Crippen LogP contribution in [0.25, 0.3) is 32.7 Å². The molecule has 1 fully saturated rings. The van der Waals surface area contributed by atoms with Crippen molar-refractivity contribution in [2.75, 3.05) is 96.9 Å². The number of nitrogens with zero attached hydrogens (tertiary/aromatic N) is 11. The summed E-state index contributed by atoms with van der Waals surface area (Å²) >= 11 is 29.9. The van der Waals surface area contributed by atoms with Gasteiger partial charge in [0.25, 0.3) is 0 Å². The summed E-state index contributed by atoms with van der Waals surface area (Å²) in [5.41, 5.74) is 8.58. The summed E-state index contributed by atoms with van der Waals surface area (Å²) in [6, 6.07) is 28.9. The van der Waals surface area contributed by atoms with Gasteiger partial charge in [0.15, 0.2) is 0 Å². The smallest absolute Gasteiger partial charge is 0.224 e. The zero-order chi connectivity index (χ0) is 54.8. The standard InChI is InChI=1S/C23H29ClN6.2C17H17Cl2N5/c1-3-29-11-13-30(14-12-29)23-15-17(2)27-22(28-23)5-4-9-25-20-8-10-26-21-16-18(24)6-7-19(20)21;1-11-9-16(24-17(19)23-11)22-7-2-6-20-14-5-8-21-15-10-12(18)3-4-13(14)15;1-11-9-16(19)24-17(23-11)22-7-2-6-20-14-5-8-21-15-10-12(18)3-4-13(14)15/h6-8,10,15-16H,3-5,9,11-14H2,1-2H3,(H,25,26);2*3-5,8-10H,2,6-7H2,1H3,(H,20,21)(H,22,23,24). The lowest BCUT2D eigenvalue weighted by atomic mass is 10.2. The van der Waals surface area contributed by atoms with Crippen molar-refractivity contribution in [1.29, 1.82) is 0 Å². The van der Waals surface area contributed by atoms with Gasteiger partial charge in [0.1, 0.15) is 22.6 Å². The molecule has 78 heavy (non-hydrogen) atoms. The van der Waals surface area contributed by atoms with Gasteiger partial charge in [0.05, 0.1) is 16.6 Å². The maximum Gasteiger partial charge on any atom is 0.224 e. The minimum absolute atomic E-state index is 0.262. The molecule has 0 radical (unpaired) electrons. The number of benzene rings is 3. The van der Waals surface area contributed by atoms with E-state index in [1.54, 1.807) is 18.5 Å². The molecule has 0 atom stereocenters. The lowest BCUT2D eigenvalue weighted by Gasteiger charge is -2.34. The van der Waals surface area contributed by atoms with Crippen molar-refractivity contribution in [1.82, 2.24) is 49.8 Å². The first-order chi connectivity index (χ1) is 37.8. The molecule has 0 aliphatic carbocycles. The molecule has 1 aliphatic heterocycles. The Morgan fingerprint density at radius 1 is 0.462 bits per heavy atom. The van der Waals surface area contributed by atoms with Crippen LogP contribution in [0.2, 0.25) is 25.5 Å². The number of likely N-dealkylation sites (N-methyl/N-ethyl adjacent to an activating group) is 1. The molecule has 7 heterocycles. The molecule has 3 aromatic carbocycles. The fourth-order valence-corrected chi connectivity index (χ4v) is 9.71. The fraction of sp³-hybridized carbons (Fsp3) is 0.316. The highest BCUT2D eigenvalue weighted by Gasteiger charge is 2.18. The fourth-order valence-electron chi connectivity index (χ4n) is 8.75. The molecule has 10 rings (SSSR count). The SMILES string of the molecule is CCN1CCN(c2cc(C)nc(CCCNc3ccnc4cc(Cl)ccc34)n2)CC1.Cc1cc(Cl)nc(NCCCNc2ccnc3cc(Cl)ccc23)n1.Cc1cc(NCCCNc2ccnc3cc(Cl)ccc23)nc(Cl)n1. The number of aromatic nitrogens is 9. The molecule has 16 nitrogen and oxygen atoms in total. The third-order valence-electron chi connectivity index (χ3n) is 12.6. The van der Waals surface area contributed by atoms with E-state index >= 15 is 0 Å². The van der Waals surface area contributed by atoms with Crippen LogP contribution in [-0.2, 0) is 6.42 Å². The molecule has 1 aliphatic rings. The van der Waals surface area contributed by atoms with Gasteiger partial charge in [0.2, 0.25) is 11.2 Å². The second kappa shape index (κ2) is 28.8. The van der Waals surface area contributed by atoms with Crippen molar-refractivity contribution < 1.29 is 0 Å². The third-order valence-corrected chi connectivity index (χ3v) is 13.7. The zero-order valence-electron chi connectivity index (χ0n) is 44.1. The first kappa shape index (κ1) is 57.5. The average Bonchev–Trinajstić information content (AvgIpc) is 3.44. The zero-order valence-corrected chi connectivity index (χ0v) is 47.9. The minimum Gasteiger partial charge on any atom is -0.384 e. The molecule has 5 N–H and O–H groups in total. The van der Waals surface area contributed by atoms with Gasteiger partial charge in [0, 0.05) is 161 Å². The number of hydrogen-bond acceptors (Lipinski definition) is 16. The van der Waals surface area contributed by atoms with Gasteiger partial charge in [-0.25, -0.2) is 29.9 Å². The Bertz CT molecular complexity index is 3230. The summed E-state index contributed by atoms with van der Waals surface area (Å²) in [4.78, 5) is 44.1. The van der Waals surface area contributed by atoms with Gasteiger partial charge < -0.3 is 36.4 Å². The Morgan fingerprint density at radius 2 is 0.949 bits per heavy atom. The van der Waals surface area contributed by atoms with E-state index in [0.29, 0.717) is 26.2 Å². The second-order valence-electron chi connectivity index (χ2n) is 18.5. The molecule has 6 aromatic heterocycles. The van der Waals surface area contributed by atoms with Crippen LogP contribution in [0.3, 0.4) is 0 Å². The predicted molar refractivity (Wildman–Crippen MR) is 325 cm³/mol. The lowest BCUT2D eigenvalue weighted by Crippen LogP contribution is -2.46. The monoisotopic (exact) mass is 1150 g/mol. The summed E-state index contributed by atoms with van der Waals surface area (Å²) in [5.74, 6) is 3.30. The van der Waals surface area contributed by atoms with Gasteiger partial charge in [-0.05, 0) is 137 Å². The molecule has 406 valence electrons. The average molecular weight is 1150 g/mol. The van der Waals surface area contributed by atoms with Crippen LogP contribution in [0.4, 0.5) is 34.6 Å². The summed E-state index contributed by atoms with van der Waals surface area (Å²) < 4.78 is 0. The third kappa shape index (κ3) is 17.2. The van der Waals surface area contributed by atoms with Crippen molar-refractivity contribution >= 4 is 125 Å². The van der Waals surface area contributed by atoms with Gasteiger partial charge in [-0.2, -0.15) is 0 Å². The normalized spacial score (nSPS) is 12.4. The van der Waals surface area contributed by atoms with E-state index < -0.39 is 0 Å². The van der Waals surface area contributed by atoms with E-state index in [0.717, 1.165) is 175 Å². The molecule has 0 unspecified atom stereocenters. The Hall–Kier alpha value is -6.66. The minimum atomic E-state index is 0.262. The number of hydrogen-bond donors (Lipinski definition) is 5. The largest absolute Gasteiger partial charge is 0.384 e. The van der Waals surface area contributed by atoms with E-state index in [-0.39, 0.29) is 5.28 Å². The highest BCUT2D eigenvalue weighted by Crippen LogP contribution is 2.27. The van der Waals surface area contributed by atoms with E-state index in [1.165, 1.54) is 0 Å². The Labute approximate surface area is 480 Å². The Morgan fingerprint density at radius 3 is 1.46 bits per heavy atom. The summed E-state index contributed by atoms with van der Waals surface area (Å²) in [6.07, 6.45) is 9.03. The van der Waals surface area contributed by atoms with Crippen molar-refractivity contribution in [3.05, 3.63) is 158 Å². The topological polar surface area (TPSA) is 183 Å². The predicted octanol–water partition coefficient (Wildman–Crippen LogP) is 13.3. The summed E-state index contributed by atoms with van der Waals surface area (Å²) in [6.45, 7) is 17.5. The van der Waals surface area contributed by atoms with E-state index in [9.17, 15) is 0 Å². The van der Waals surface area contributed by atoms with E-state index in [2.05, 4.69) is 96.2 Å². The first-order valence-corrected chi connectivity index (χ1v) is 27.9. The molecule has 0 bridgehead atoms. The number of pyridine rings is 3. The van der Waals surface area contributed by atoms with E-state index in [4.69, 9.17) is 63.0 Å². The van der Waals surface area contributed by atoms with Crippen molar-refractivity contribution in [3.8, 4) is 0 Å². The van der Waals surface area contributed by atoms with Gasteiger partial charge in [-0.15, -0.1) is 0 Å². The molecular formula is C57H63Cl5N16. The Kier molecular flexibility index (Phi) is 21.2. The van der Waals surface area contributed by atoms with Crippen molar-refractivity contribution in [3.63, 3.8) is 0 Å². The molecule has 0 amide bonds. The summed E-state index contributed by atoms with van der Waals surface area (Å²) in [5, 5.41) is 22.8. The van der Waals surface area contributed by atoms with Gasteiger partial charge in [-0.1, -0.05) is 53.3 Å². The highest BCUT2D eigenvalue weighted by atomic mass is 35.5. The number of fused-ring (bicyclic) bond motifs is 3. The van der Waals surface area contributed by atoms with Crippen LogP contribution in [0.15, 0.2) is 110 Å². The summed E-state index contributed by atoms with van der Waals surface area (Å²) in [7, 11) is 0. The Balaban J connectivity index is 0.000000156. The van der Waals surface area contributed by atoms with Crippen LogP contribution >= 0.6 is 58.0 Å². The van der Waals surface area contributed by atoms with Gasteiger partial charge in [-0.3, -0.25) is 15.0 Å². The van der Waals surface area contributed by atoms with Gasteiger partial charge >= 0.3 is 0 Å². The van der Waals surface area contributed by atoms with E-state index in [1.807, 2.05) is 98.9 Å². The molecule has 0 spiro atoms. The number of aryl methyl sites for hydroxylation is 4. The first-order valence-electron chi connectivity index (χ1n) is 26.0.